The normalized spacial score (nSPS) is 10.3. The van der Waals surface area contributed by atoms with Crippen LogP contribution in [0.2, 0.25) is 0 Å². The lowest BCUT2D eigenvalue weighted by Gasteiger charge is -2.07. The minimum Gasteiger partial charge on any atom is -0.0901 e. The Balaban J connectivity index is 0.000000176. The Bertz CT molecular complexity index is 1050. The SMILES string of the molecule is Cc1ccc(Sc2cccc(C)c2)cc1.Cc1ccccc1CCc1ccccc1C. The minimum atomic E-state index is 1.14. The number of benzene rings is 4. The van der Waals surface area contributed by atoms with Crippen molar-refractivity contribution in [3.05, 3.63) is 130 Å². The third-order valence-electron chi connectivity index (χ3n) is 5.43. The van der Waals surface area contributed by atoms with E-state index >= 15 is 0 Å². The molecular weight excluding hydrogens is 392 g/mol. The summed E-state index contributed by atoms with van der Waals surface area (Å²) in [5.74, 6) is 0. The third kappa shape index (κ3) is 7.45. The molecule has 0 aliphatic heterocycles. The minimum absolute atomic E-state index is 1.14. The lowest BCUT2D eigenvalue weighted by atomic mass is 9.98. The van der Waals surface area contributed by atoms with E-state index < -0.39 is 0 Å². The van der Waals surface area contributed by atoms with Crippen LogP contribution in [0, 0.1) is 27.7 Å². The quantitative estimate of drug-likeness (QED) is 0.309. The van der Waals surface area contributed by atoms with Crippen LogP contribution in [0.5, 0.6) is 0 Å². The van der Waals surface area contributed by atoms with Crippen molar-refractivity contribution in [3.63, 3.8) is 0 Å². The highest BCUT2D eigenvalue weighted by atomic mass is 32.2. The fraction of sp³-hybridized carbons (Fsp3) is 0.200. The van der Waals surface area contributed by atoms with Crippen LogP contribution in [0.1, 0.15) is 33.4 Å². The smallest absolute Gasteiger partial charge is 0.0124 e. The van der Waals surface area contributed by atoms with Gasteiger partial charge in [0, 0.05) is 9.79 Å². The lowest BCUT2D eigenvalue weighted by Crippen LogP contribution is -1.95. The molecule has 0 saturated carbocycles. The van der Waals surface area contributed by atoms with E-state index in [0.29, 0.717) is 0 Å². The van der Waals surface area contributed by atoms with E-state index in [9.17, 15) is 0 Å². The highest BCUT2D eigenvalue weighted by Gasteiger charge is 2.00. The van der Waals surface area contributed by atoms with Crippen molar-refractivity contribution in [1.29, 1.82) is 0 Å². The predicted octanol–water partition coefficient (Wildman–Crippen LogP) is 8.54. The second kappa shape index (κ2) is 11.6. The van der Waals surface area contributed by atoms with E-state index in [2.05, 4.69) is 125 Å². The molecule has 0 aliphatic carbocycles. The van der Waals surface area contributed by atoms with E-state index in [-0.39, 0.29) is 0 Å². The maximum absolute atomic E-state index is 2.23. The first kappa shape index (κ1) is 22.9. The molecule has 0 fully saturated rings. The topological polar surface area (TPSA) is 0 Å². The zero-order chi connectivity index (χ0) is 22.1. The Kier molecular flexibility index (Phi) is 8.55. The summed E-state index contributed by atoms with van der Waals surface area (Å²) < 4.78 is 0. The summed E-state index contributed by atoms with van der Waals surface area (Å²) in [5, 5.41) is 0. The number of aryl methyl sites for hydroxylation is 6. The Hall–Kier alpha value is -2.77. The summed E-state index contributed by atoms with van der Waals surface area (Å²) in [7, 11) is 0. The Labute approximate surface area is 192 Å². The lowest BCUT2D eigenvalue weighted by molar-refractivity contribution is 0.939. The first-order valence-electron chi connectivity index (χ1n) is 10.9. The van der Waals surface area contributed by atoms with Gasteiger partial charge in [-0.2, -0.15) is 0 Å². The van der Waals surface area contributed by atoms with E-state index in [1.807, 2.05) is 11.8 Å². The highest BCUT2D eigenvalue weighted by molar-refractivity contribution is 7.99. The van der Waals surface area contributed by atoms with Crippen LogP contribution >= 0.6 is 11.8 Å². The first-order valence-corrected chi connectivity index (χ1v) is 11.7. The molecule has 0 atom stereocenters. The molecule has 0 bridgehead atoms. The molecule has 0 N–H and O–H groups in total. The molecule has 0 heterocycles. The van der Waals surface area contributed by atoms with Crippen molar-refractivity contribution in [2.75, 3.05) is 0 Å². The zero-order valence-electron chi connectivity index (χ0n) is 19.1. The summed E-state index contributed by atoms with van der Waals surface area (Å²) in [6.07, 6.45) is 2.27. The van der Waals surface area contributed by atoms with Crippen molar-refractivity contribution in [1.82, 2.24) is 0 Å². The Morgan fingerprint density at radius 2 is 1.03 bits per heavy atom. The van der Waals surface area contributed by atoms with Crippen molar-refractivity contribution in [2.45, 2.75) is 50.3 Å². The summed E-state index contributed by atoms with van der Waals surface area (Å²) in [6.45, 7) is 8.61. The average molecular weight is 425 g/mol. The molecule has 4 aromatic carbocycles. The monoisotopic (exact) mass is 424 g/mol. The number of rotatable bonds is 5. The zero-order valence-corrected chi connectivity index (χ0v) is 19.9. The van der Waals surface area contributed by atoms with Gasteiger partial charge in [0.1, 0.15) is 0 Å². The van der Waals surface area contributed by atoms with Gasteiger partial charge in [-0.3, -0.25) is 0 Å². The standard InChI is InChI=1S/C16H18.C14H14S/c1-13-7-3-5-9-15(13)11-12-16-10-6-4-8-14(16)2;1-11-6-8-13(9-7-11)15-14-5-3-4-12(2)10-14/h3-10H,11-12H2,1-2H3;3-10H,1-2H3. The van der Waals surface area contributed by atoms with Crippen molar-refractivity contribution in [3.8, 4) is 0 Å². The van der Waals surface area contributed by atoms with E-state index in [4.69, 9.17) is 0 Å². The van der Waals surface area contributed by atoms with Crippen LogP contribution in [0.4, 0.5) is 0 Å². The molecule has 0 spiro atoms. The maximum Gasteiger partial charge on any atom is 0.0124 e. The number of hydrogen-bond acceptors (Lipinski definition) is 1. The second-order valence-corrected chi connectivity index (χ2v) is 9.23. The molecule has 0 unspecified atom stereocenters. The third-order valence-corrected chi connectivity index (χ3v) is 6.43. The van der Waals surface area contributed by atoms with Gasteiger partial charge < -0.3 is 0 Å². The largest absolute Gasteiger partial charge is 0.0901 e. The summed E-state index contributed by atoms with van der Waals surface area (Å²) in [4.78, 5) is 2.60. The van der Waals surface area contributed by atoms with Gasteiger partial charge >= 0.3 is 0 Å². The summed E-state index contributed by atoms with van der Waals surface area (Å²) in [6, 6.07) is 34.5. The molecule has 0 saturated heterocycles. The van der Waals surface area contributed by atoms with E-state index in [1.165, 1.54) is 43.2 Å². The Morgan fingerprint density at radius 1 is 0.484 bits per heavy atom. The maximum atomic E-state index is 2.23. The molecule has 4 aromatic rings. The molecule has 0 radical (unpaired) electrons. The van der Waals surface area contributed by atoms with Gasteiger partial charge in [-0.1, -0.05) is 95.7 Å². The van der Waals surface area contributed by atoms with Crippen LogP contribution in [0.25, 0.3) is 0 Å². The van der Waals surface area contributed by atoms with Crippen LogP contribution in [-0.4, -0.2) is 0 Å². The molecule has 0 aromatic heterocycles. The van der Waals surface area contributed by atoms with Crippen molar-refractivity contribution >= 4 is 11.8 Å². The molecule has 1 heteroatoms. The fourth-order valence-electron chi connectivity index (χ4n) is 3.47. The van der Waals surface area contributed by atoms with Crippen LogP contribution < -0.4 is 0 Å². The van der Waals surface area contributed by atoms with Crippen LogP contribution in [-0.2, 0) is 12.8 Å². The Morgan fingerprint density at radius 3 is 1.55 bits per heavy atom. The van der Waals surface area contributed by atoms with Gasteiger partial charge in [0.05, 0.1) is 0 Å². The van der Waals surface area contributed by atoms with E-state index in [0.717, 1.165) is 12.8 Å². The molecular formula is C30H32S. The van der Waals surface area contributed by atoms with E-state index in [1.54, 1.807) is 0 Å². The average Bonchev–Trinajstić information content (AvgIpc) is 2.76. The van der Waals surface area contributed by atoms with Crippen LogP contribution in [0.3, 0.4) is 0 Å². The second-order valence-electron chi connectivity index (χ2n) is 8.08. The molecule has 158 valence electrons. The predicted molar refractivity (Wildman–Crippen MR) is 136 cm³/mol. The van der Waals surface area contributed by atoms with Gasteiger partial charge in [0.2, 0.25) is 0 Å². The highest BCUT2D eigenvalue weighted by Crippen LogP contribution is 2.28. The van der Waals surface area contributed by atoms with Gasteiger partial charge in [-0.25, -0.2) is 0 Å². The van der Waals surface area contributed by atoms with Crippen LogP contribution in [0.15, 0.2) is 107 Å². The molecule has 31 heavy (non-hydrogen) atoms. The molecule has 0 nitrogen and oxygen atoms in total. The van der Waals surface area contributed by atoms with Crippen molar-refractivity contribution in [2.24, 2.45) is 0 Å². The summed E-state index contributed by atoms with van der Waals surface area (Å²) >= 11 is 1.81. The van der Waals surface area contributed by atoms with Gasteiger partial charge in [0.25, 0.3) is 0 Å². The first-order chi connectivity index (χ1) is 15.0. The molecule has 4 rings (SSSR count). The fourth-order valence-corrected chi connectivity index (χ4v) is 4.41. The summed E-state index contributed by atoms with van der Waals surface area (Å²) in [5.41, 5.74) is 8.35. The van der Waals surface area contributed by atoms with Gasteiger partial charge in [-0.05, 0) is 87.1 Å². The molecule has 0 amide bonds. The van der Waals surface area contributed by atoms with Gasteiger partial charge in [-0.15, -0.1) is 0 Å². The van der Waals surface area contributed by atoms with Crippen molar-refractivity contribution < 1.29 is 0 Å². The molecule has 0 aliphatic rings. The van der Waals surface area contributed by atoms with Gasteiger partial charge in [0.15, 0.2) is 0 Å². The number of hydrogen-bond donors (Lipinski definition) is 0.